The van der Waals surface area contributed by atoms with Crippen molar-refractivity contribution in [3.05, 3.63) is 62.9 Å². The van der Waals surface area contributed by atoms with Crippen LogP contribution in [0.15, 0.2) is 41.7 Å². The van der Waals surface area contributed by atoms with Crippen LogP contribution in [-0.4, -0.2) is 68.5 Å². The van der Waals surface area contributed by atoms with E-state index in [1.54, 1.807) is 11.0 Å². The highest BCUT2D eigenvalue weighted by atomic mass is 35.5. The summed E-state index contributed by atoms with van der Waals surface area (Å²) in [4.78, 5) is 48.5. The molecule has 4 heterocycles. The number of hydrogen-bond donors (Lipinski definition) is 3. The number of nitrogens with zero attached hydrogens (tertiary/aromatic N) is 5. The molecule has 0 aliphatic carbocycles. The molecule has 0 spiro atoms. The molecule has 4 N–H and O–H groups in total. The lowest BCUT2D eigenvalue weighted by Gasteiger charge is -2.18. The molecule has 1 fully saturated rings. The van der Waals surface area contributed by atoms with Crippen LogP contribution in [0.4, 0.5) is 15.9 Å². The second kappa shape index (κ2) is 11.0. The standard InChI is InChI=1S/C26H24Cl2FN7O5/c1-34-11-32-25-22(26(34)40)14(12-3-13(24(30)39)23(38)15(27)4-12)7-36(25)10-21(37)33-18-5-20(31-6-16(18)28)35-8-17(29)19(9-35)41-2/h3-7,11,17,19,38H,8-10H2,1-2H3,(H2,30,39)(H,31,33,37)/t17-,19+/m1/s1. The summed E-state index contributed by atoms with van der Waals surface area (Å²) in [5.74, 6) is -1.49. The minimum Gasteiger partial charge on any atom is -0.506 e. The summed E-state index contributed by atoms with van der Waals surface area (Å²) < 4.78 is 22.1. The van der Waals surface area contributed by atoms with Crippen LogP contribution in [0.5, 0.6) is 5.75 Å². The van der Waals surface area contributed by atoms with Gasteiger partial charge in [-0.05, 0) is 17.7 Å². The van der Waals surface area contributed by atoms with Crippen molar-refractivity contribution in [1.82, 2.24) is 19.1 Å². The fourth-order valence-electron chi connectivity index (χ4n) is 4.73. The maximum absolute atomic E-state index is 14.2. The number of alkyl halides is 1. The van der Waals surface area contributed by atoms with Gasteiger partial charge in [-0.1, -0.05) is 23.2 Å². The third-order valence-corrected chi connectivity index (χ3v) is 7.42. The van der Waals surface area contributed by atoms with Crippen LogP contribution < -0.4 is 21.5 Å². The number of pyridine rings is 1. The Morgan fingerprint density at radius 3 is 2.66 bits per heavy atom. The lowest BCUT2D eigenvalue weighted by Crippen LogP contribution is -2.24. The highest BCUT2D eigenvalue weighted by molar-refractivity contribution is 6.34. The van der Waals surface area contributed by atoms with Crippen LogP contribution in [0.2, 0.25) is 10.0 Å². The van der Waals surface area contributed by atoms with Crippen molar-refractivity contribution in [2.75, 3.05) is 30.4 Å². The number of primary amides is 1. The number of fused-ring (bicyclic) bond motifs is 1. The first-order valence-electron chi connectivity index (χ1n) is 12.2. The van der Waals surface area contributed by atoms with Crippen molar-refractivity contribution in [1.29, 1.82) is 0 Å². The molecule has 2 atom stereocenters. The van der Waals surface area contributed by atoms with Gasteiger partial charge in [-0.2, -0.15) is 0 Å². The normalized spacial score (nSPS) is 16.9. The molecule has 5 rings (SSSR count). The van der Waals surface area contributed by atoms with Crippen LogP contribution in [0.3, 0.4) is 0 Å². The lowest BCUT2D eigenvalue weighted by molar-refractivity contribution is -0.116. The number of methoxy groups -OCH3 is 1. The van der Waals surface area contributed by atoms with E-state index in [-0.39, 0.29) is 52.0 Å². The number of hydrogen-bond acceptors (Lipinski definition) is 8. The monoisotopic (exact) mass is 603 g/mol. The van der Waals surface area contributed by atoms with Crippen molar-refractivity contribution in [2.45, 2.75) is 18.8 Å². The van der Waals surface area contributed by atoms with E-state index < -0.39 is 35.4 Å². The molecule has 4 aromatic rings. The maximum Gasteiger partial charge on any atom is 0.263 e. The number of carbonyl (C=O) groups excluding carboxylic acids is 2. The molecule has 1 saturated heterocycles. The van der Waals surface area contributed by atoms with Crippen LogP contribution in [-0.2, 0) is 23.1 Å². The fraction of sp³-hybridized carbons (Fsp3) is 0.269. The van der Waals surface area contributed by atoms with Crippen molar-refractivity contribution in [2.24, 2.45) is 12.8 Å². The van der Waals surface area contributed by atoms with Gasteiger partial charge in [-0.15, -0.1) is 0 Å². The summed E-state index contributed by atoms with van der Waals surface area (Å²) in [5, 5.41) is 13.1. The number of aromatic nitrogens is 4. The number of nitrogens with one attached hydrogen (secondary N) is 1. The number of aryl methyl sites for hydroxylation is 1. The molecule has 1 aliphatic rings. The van der Waals surface area contributed by atoms with Crippen LogP contribution in [0.25, 0.3) is 22.2 Å². The number of halogens is 3. The van der Waals surface area contributed by atoms with Gasteiger partial charge in [0.25, 0.3) is 11.5 Å². The zero-order valence-corrected chi connectivity index (χ0v) is 23.3. The molecule has 0 bridgehead atoms. The van der Waals surface area contributed by atoms with E-state index >= 15 is 0 Å². The zero-order chi connectivity index (χ0) is 29.6. The van der Waals surface area contributed by atoms with Crippen molar-refractivity contribution in [3.63, 3.8) is 0 Å². The van der Waals surface area contributed by atoms with Gasteiger partial charge < -0.3 is 34.9 Å². The molecular weight excluding hydrogens is 580 g/mol. The molecule has 214 valence electrons. The Kier molecular flexibility index (Phi) is 7.60. The number of benzene rings is 1. The Labute approximate surface area is 242 Å². The number of anilines is 2. The van der Waals surface area contributed by atoms with Gasteiger partial charge in [0.05, 0.1) is 45.8 Å². The summed E-state index contributed by atoms with van der Waals surface area (Å²) >= 11 is 12.4. The number of carbonyl (C=O) groups is 2. The Morgan fingerprint density at radius 1 is 1.22 bits per heavy atom. The first-order valence-corrected chi connectivity index (χ1v) is 13.0. The molecule has 0 saturated carbocycles. The first-order chi connectivity index (χ1) is 19.5. The zero-order valence-electron chi connectivity index (χ0n) is 21.8. The van der Waals surface area contributed by atoms with Crippen molar-refractivity contribution in [3.8, 4) is 16.9 Å². The third kappa shape index (κ3) is 5.31. The largest absolute Gasteiger partial charge is 0.506 e. The van der Waals surface area contributed by atoms with E-state index in [1.165, 1.54) is 54.1 Å². The average molecular weight is 604 g/mol. The van der Waals surface area contributed by atoms with E-state index in [9.17, 15) is 23.9 Å². The predicted molar refractivity (Wildman–Crippen MR) is 151 cm³/mol. The van der Waals surface area contributed by atoms with Crippen LogP contribution in [0.1, 0.15) is 10.4 Å². The van der Waals surface area contributed by atoms with Gasteiger partial charge in [0.2, 0.25) is 5.91 Å². The number of nitrogens with two attached hydrogens (primary N) is 1. The van der Waals surface area contributed by atoms with E-state index in [4.69, 9.17) is 33.7 Å². The summed E-state index contributed by atoms with van der Waals surface area (Å²) in [7, 11) is 2.96. The second-order valence-electron chi connectivity index (χ2n) is 9.51. The molecule has 0 radical (unpaired) electrons. The summed E-state index contributed by atoms with van der Waals surface area (Å²) in [5.41, 5.74) is 5.82. The molecule has 1 aliphatic heterocycles. The molecular formula is C26H24Cl2FN7O5. The molecule has 15 heteroatoms. The minimum atomic E-state index is -1.19. The van der Waals surface area contributed by atoms with Gasteiger partial charge >= 0.3 is 0 Å². The van der Waals surface area contributed by atoms with Gasteiger partial charge in [0.1, 0.15) is 36.0 Å². The van der Waals surface area contributed by atoms with Crippen LogP contribution >= 0.6 is 23.2 Å². The number of rotatable bonds is 7. The van der Waals surface area contributed by atoms with Gasteiger partial charge in [-0.3, -0.25) is 14.4 Å². The Balaban J connectivity index is 1.48. The molecule has 41 heavy (non-hydrogen) atoms. The Bertz CT molecular complexity index is 1760. The van der Waals surface area contributed by atoms with E-state index in [1.807, 2.05) is 0 Å². The van der Waals surface area contributed by atoms with Crippen molar-refractivity contribution >= 4 is 57.6 Å². The van der Waals surface area contributed by atoms with Gasteiger partial charge in [-0.25, -0.2) is 14.4 Å². The predicted octanol–water partition coefficient (Wildman–Crippen LogP) is 2.72. The highest BCUT2D eigenvalue weighted by Crippen LogP contribution is 2.36. The molecule has 3 aromatic heterocycles. The van der Waals surface area contributed by atoms with Gasteiger partial charge in [0, 0.05) is 38.5 Å². The maximum atomic E-state index is 14.2. The Hall–Kier alpha value is -4.20. The molecule has 12 nitrogen and oxygen atoms in total. The third-order valence-electron chi connectivity index (χ3n) is 6.83. The molecule has 0 unspecified atom stereocenters. The van der Waals surface area contributed by atoms with Crippen molar-refractivity contribution < 1.29 is 23.8 Å². The van der Waals surface area contributed by atoms with E-state index in [2.05, 4.69) is 15.3 Å². The number of amides is 2. The first kappa shape index (κ1) is 28.3. The quantitative estimate of drug-likeness (QED) is 0.291. The smallest absolute Gasteiger partial charge is 0.263 e. The highest BCUT2D eigenvalue weighted by Gasteiger charge is 2.34. The SMILES string of the molecule is CO[C@H]1CN(c2cc(NC(=O)Cn3cc(-c4cc(Cl)c(O)c(C(N)=O)c4)c4c(=O)n(C)cnc43)c(Cl)cn2)C[C@H]1F. The minimum absolute atomic E-state index is 0.0814. The topological polar surface area (TPSA) is 158 Å². The summed E-state index contributed by atoms with van der Waals surface area (Å²) in [6.07, 6.45) is 2.41. The van der Waals surface area contributed by atoms with Gasteiger partial charge in [0.15, 0.2) is 0 Å². The van der Waals surface area contributed by atoms with E-state index in [0.29, 0.717) is 16.9 Å². The average Bonchev–Trinajstić information content (AvgIpc) is 3.49. The summed E-state index contributed by atoms with van der Waals surface area (Å²) in [6, 6.07) is 4.23. The molecule has 2 amide bonds. The lowest BCUT2D eigenvalue weighted by atomic mass is 10.0. The number of phenols is 1. The Morgan fingerprint density at radius 2 is 1.98 bits per heavy atom. The van der Waals surface area contributed by atoms with Crippen LogP contribution in [0, 0.1) is 0 Å². The number of ether oxygens (including phenoxy) is 1. The molecule has 1 aromatic carbocycles. The summed E-state index contributed by atoms with van der Waals surface area (Å²) in [6.45, 7) is 0.0936. The number of aromatic hydroxyl groups is 1. The fourth-order valence-corrected chi connectivity index (χ4v) is 5.10. The second-order valence-corrected chi connectivity index (χ2v) is 10.3. The van der Waals surface area contributed by atoms with E-state index in [0.717, 1.165) is 0 Å².